The molecule has 0 unspecified atom stereocenters. The number of halogens is 1. The van der Waals surface area contributed by atoms with Gasteiger partial charge < -0.3 is 14.8 Å². The summed E-state index contributed by atoms with van der Waals surface area (Å²) in [6.07, 6.45) is 0.891. The van der Waals surface area contributed by atoms with Crippen LogP contribution in [0.5, 0.6) is 5.75 Å². The molecule has 2 aromatic rings. The molecular weight excluding hydrogens is 370 g/mol. The van der Waals surface area contributed by atoms with Crippen LogP contribution in [0.15, 0.2) is 24.3 Å². The molecule has 1 atom stereocenters. The fourth-order valence-electron chi connectivity index (χ4n) is 2.43. The van der Waals surface area contributed by atoms with Gasteiger partial charge in [-0.05, 0) is 44.5 Å². The van der Waals surface area contributed by atoms with Crippen LogP contribution in [-0.2, 0) is 16.1 Å². The zero-order valence-electron chi connectivity index (χ0n) is 15.9. The summed E-state index contributed by atoms with van der Waals surface area (Å²) in [5, 5.41) is 7.19. The Kier molecular flexibility index (Phi) is 7.24. The van der Waals surface area contributed by atoms with Gasteiger partial charge in [0.2, 0.25) is 0 Å². The van der Waals surface area contributed by atoms with E-state index in [0.717, 1.165) is 12.8 Å². The molecule has 0 saturated heterocycles. The highest BCUT2D eigenvalue weighted by Gasteiger charge is 2.25. The summed E-state index contributed by atoms with van der Waals surface area (Å²) < 4.78 is 11.9. The summed E-state index contributed by atoms with van der Waals surface area (Å²) >= 11 is 6.27. The smallest absolute Gasteiger partial charge is 0.343 e. The minimum Gasteiger partial charge on any atom is -0.497 e. The van der Waals surface area contributed by atoms with Gasteiger partial charge in [-0.2, -0.15) is 5.10 Å². The van der Waals surface area contributed by atoms with Crippen LogP contribution in [0, 0.1) is 6.92 Å². The lowest BCUT2D eigenvalue weighted by Gasteiger charge is -2.13. The van der Waals surface area contributed by atoms with Gasteiger partial charge in [0.05, 0.1) is 12.8 Å². The zero-order valence-corrected chi connectivity index (χ0v) is 16.7. The van der Waals surface area contributed by atoms with Crippen LogP contribution in [0.1, 0.15) is 42.7 Å². The highest BCUT2D eigenvalue weighted by Crippen LogP contribution is 2.22. The number of ether oxygens (including phenoxy) is 2. The van der Waals surface area contributed by atoms with E-state index < -0.39 is 18.0 Å². The highest BCUT2D eigenvalue weighted by atomic mass is 35.5. The first kappa shape index (κ1) is 20.8. The molecule has 0 aliphatic heterocycles. The number of rotatable bonds is 8. The minimum atomic E-state index is -0.992. The molecule has 1 aromatic heterocycles. The van der Waals surface area contributed by atoms with E-state index in [1.165, 1.54) is 6.92 Å². The number of carbonyl (C=O) groups is 2. The van der Waals surface area contributed by atoms with Crippen molar-refractivity contribution < 1.29 is 19.1 Å². The average molecular weight is 394 g/mol. The topological polar surface area (TPSA) is 82.5 Å². The predicted octanol–water partition coefficient (Wildman–Crippen LogP) is 3.84. The van der Waals surface area contributed by atoms with Gasteiger partial charge in [0.25, 0.3) is 5.91 Å². The number of esters is 1. The van der Waals surface area contributed by atoms with E-state index in [1.807, 2.05) is 0 Å². The molecule has 2 rings (SSSR count). The second-order valence-corrected chi connectivity index (χ2v) is 6.45. The number of amides is 1. The molecule has 27 heavy (non-hydrogen) atoms. The second kappa shape index (κ2) is 9.41. The molecular formula is C19H24ClN3O4. The third-order valence-corrected chi connectivity index (χ3v) is 4.39. The summed E-state index contributed by atoms with van der Waals surface area (Å²) in [6, 6.07) is 6.84. The Morgan fingerprint density at radius 1 is 1.30 bits per heavy atom. The normalized spacial score (nSPS) is 11.7. The Bertz CT molecular complexity index is 802. The molecule has 8 heteroatoms. The maximum atomic E-state index is 12.5. The van der Waals surface area contributed by atoms with E-state index in [9.17, 15) is 9.59 Å². The molecule has 146 valence electrons. The lowest BCUT2D eigenvalue weighted by atomic mass is 10.2. The number of nitrogens with one attached hydrogen (secondary N) is 1. The number of hydrogen-bond donors (Lipinski definition) is 1. The molecule has 7 nitrogen and oxygen atoms in total. The fraction of sp³-hybridized carbons (Fsp3) is 0.421. The van der Waals surface area contributed by atoms with Crippen LogP contribution in [0.3, 0.4) is 0 Å². The number of hydrogen-bond acceptors (Lipinski definition) is 5. The van der Waals surface area contributed by atoms with Crippen LogP contribution >= 0.6 is 11.6 Å². The molecule has 0 spiro atoms. The summed E-state index contributed by atoms with van der Waals surface area (Å²) in [7, 11) is 1.56. The predicted molar refractivity (Wildman–Crippen MR) is 103 cm³/mol. The lowest BCUT2D eigenvalue weighted by Crippen LogP contribution is -2.30. The number of aryl methyl sites for hydroxylation is 2. The van der Waals surface area contributed by atoms with Crippen LogP contribution in [-0.4, -0.2) is 34.9 Å². The van der Waals surface area contributed by atoms with Crippen molar-refractivity contribution in [3.8, 4) is 5.75 Å². The quantitative estimate of drug-likeness (QED) is 0.689. The number of aromatic nitrogens is 2. The summed E-state index contributed by atoms with van der Waals surface area (Å²) in [5.74, 6) is -0.434. The number of unbranched alkanes of at least 4 members (excludes halogenated alkanes) is 1. The zero-order chi connectivity index (χ0) is 20.0. The minimum absolute atomic E-state index is 0.192. The van der Waals surface area contributed by atoms with Crippen molar-refractivity contribution in [3.63, 3.8) is 0 Å². The molecule has 0 aliphatic rings. The van der Waals surface area contributed by atoms with Crippen molar-refractivity contribution in [3.05, 3.63) is 40.7 Å². The van der Waals surface area contributed by atoms with Gasteiger partial charge >= 0.3 is 5.97 Å². The third-order valence-electron chi connectivity index (χ3n) is 4.00. The van der Waals surface area contributed by atoms with Gasteiger partial charge in [0, 0.05) is 12.2 Å². The highest BCUT2D eigenvalue weighted by molar-refractivity contribution is 6.32. The Balaban J connectivity index is 2.01. The number of methoxy groups -OCH3 is 1. The molecule has 1 aromatic carbocycles. The Labute approximate surface area is 163 Å². The van der Waals surface area contributed by atoms with Gasteiger partial charge in [0.1, 0.15) is 16.5 Å². The van der Waals surface area contributed by atoms with Crippen LogP contribution in [0.25, 0.3) is 0 Å². The summed E-state index contributed by atoms with van der Waals surface area (Å²) in [6.45, 7) is 5.87. The van der Waals surface area contributed by atoms with Crippen molar-refractivity contribution >= 4 is 29.2 Å². The van der Waals surface area contributed by atoms with E-state index in [0.29, 0.717) is 23.7 Å². The Hall–Kier alpha value is -2.54. The molecule has 0 bridgehead atoms. The van der Waals surface area contributed by atoms with Crippen molar-refractivity contribution in [2.24, 2.45) is 0 Å². The van der Waals surface area contributed by atoms with E-state index in [4.69, 9.17) is 21.1 Å². The van der Waals surface area contributed by atoms with Crippen molar-refractivity contribution in [2.45, 2.75) is 46.3 Å². The standard InChI is InChI=1S/C19H24ClN3O4/c1-5-6-11-23-17(20)16(12(2)22-23)19(25)27-13(3)18(24)21-14-7-9-15(26-4)10-8-14/h7-10,13H,5-6,11H2,1-4H3,(H,21,24)/t13-/m0/s1. The first-order valence-electron chi connectivity index (χ1n) is 8.76. The first-order chi connectivity index (χ1) is 12.9. The number of anilines is 1. The summed E-state index contributed by atoms with van der Waals surface area (Å²) in [5.41, 5.74) is 1.24. The van der Waals surface area contributed by atoms with Crippen molar-refractivity contribution in [1.82, 2.24) is 9.78 Å². The average Bonchev–Trinajstić information content (AvgIpc) is 2.93. The maximum absolute atomic E-state index is 12.5. The molecule has 1 amide bonds. The van der Waals surface area contributed by atoms with Gasteiger partial charge in [-0.1, -0.05) is 24.9 Å². The van der Waals surface area contributed by atoms with Gasteiger partial charge in [-0.15, -0.1) is 0 Å². The molecule has 0 aliphatic carbocycles. The molecule has 0 radical (unpaired) electrons. The van der Waals surface area contributed by atoms with E-state index in [2.05, 4.69) is 17.3 Å². The summed E-state index contributed by atoms with van der Waals surface area (Å²) in [4.78, 5) is 24.7. The van der Waals surface area contributed by atoms with Gasteiger partial charge in [-0.25, -0.2) is 4.79 Å². The number of carbonyl (C=O) groups excluding carboxylic acids is 2. The maximum Gasteiger partial charge on any atom is 0.343 e. The van der Waals surface area contributed by atoms with E-state index >= 15 is 0 Å². The van der Waals surface area contributed by atoms with Crippen LogP contribution in [0.2, 0.25) is 5.15 Å². The molecule has 0 saturated carbocycles. The molecule has 1 N–H and O–H groups in total. The first-order valence-corrected chi connectivity index (χ1v) is 9.14. The van der Waals surface area contributed by atoms with Crippen LogP contribution < -0.4 is 10.1 Å². The molecule has 1 heterocycles. The van der Waals surface area contributed by atoms with E-state index in [1.54, 1.807) is 43.0 Å². The third kappa shape index (κ3) is 5.23. The number of nitrogens with zero attached hydrogens (tertiary/aromatic N) is 2. The van der Waals surface area contributed by atoms with E-state index in [-0.39, 0.29) is 10.7 Å². The fourth-order valence-corrected chi connectivity index (χ4v) is 2.77. The monoisotopic (exact) mass is 393 g/mol. The molecule has 0 fully saturated rings. The van der Waals surface area contributed by atoms with Gasteiger partial charge in [0.15, 0.2) is 6.10 Å². The second-order valence-electron chi connectivity index (χ2n) is 6.09. The van der Waals surface area contributed by atoms with Crippen molar-refractivity contribution in [1.29, 1.82) is 0 Å². The SMILES string of the molecule is CCCCn1nc(C)c(C(=O)O[C@@H](C)C(=O)Nc2ccc(OC)cc2)c1Cl. The number of benzene rings is 1. The largest absolute Gasteiger partial charge is 0.497 e. The van der Waals surface area contributed by atoms with Gasteiger partial charge in [-0.3, -0.25) is 9.48 Å². The Morgan fingerprint density at radius 2 is 1.96 bits per heavy atom. The van der Waals surface area contributed by atoms with Crippen molar-refractivity contribution in [2.75, 3.05) is 12.4 Å². The lowest BCUT2D eigenvalue weighted by molar-refractivity contribution is -0.123. The van der Waals surface area contributed by atoms with Crippen LogP contribution in [0.4, 0.5) is 5.69 Å². The Morgan fingerprint density at radius 3 is 2.56 bits per heavy atom.